The zero-order chi connectivity index (χ0) is 13.0. The molecule has 0 aliphatic rings. The molecule has 18 heavy (non-hydrogen) atoms. The summed E-state index contributed by atoms with van der Waals surface area (Å²) in [6, 6.07) is 18.3. The second-order valence-corrected chi connectivity index (χ2v) is 4.13. The first-order chi connectivity index (χ1) is 8.69. The SMILES string of the molecule is C/C(=N\O)C(O)(c1ccccc1)c1ccccc1. The van der Waals surface area contributed by atoms with Crippen LogP contribution in [0.4, 0.5) is 0 Å². The summed E-state index contributed by atoms with van der Waals surface area (Å²) in [5, 5.41) is 23.1. The van der Waals surface area contributed by atoms with Gasteiger partial charge in [-0.25, -0.2) is 0 Å². The molecule has 0 heterocycles. The smallest absolute Gasteiger partial charge is 0.156 e. The van der Waals surface area contributed by atoms with E-state index in [1.807, 2.05) is 60.7 Å². The van der Waals surface area contributed by atoms with Crippen molar-refractivity contribution < 1.29 is 10.3 Å². The van der Waals surface area contributed by atoms with Crippen LogP contribution in [0.5, 0.6) is 0 Å². The first kappa shape index (κ1) is 12.3. The van der Waals surface area contributed by atoms with Crippen LogP contribution in [0.3, 0.4) is 0 Å². The van der Waals surface area contributed by atoms with Crippen molar-refractivity contribution in [2.45, 2.75) is 12.5 Å². The molecule has 2 aromatic carbocycles. The van der Waals surface area contributed by atoms with E-state index in [0.29, 0.717) is 11.1 Å². The second-order valence-electron chi connectivity index (χ2n) is 4.13. The van der Waals surface area contributed by atoms with Crippen molar-refractivity contribution in [3.05, 3.63) is 71.8 Å². The van der Waals surface area contributed by atoms with Gasteiger partial charge in [0, 0.05) is 0 Å². The largest absolute Gasteiger partial charge is 0.411 e. The van der Waals surface area contributed by atoms with Gasteiger partial charge in [-0.1, -0.05) is 65.8 Å². The number of aliphatic hydroxyl groups is 1. The van der Waals surface area contributed by atoms with Gasteiger partial charge in [0.1, 0.15) is 0 Å². The Labute approximate surface area is 106 Å². The summed E-state index contributed by atoms with van der Waals surface area (Å²) < 4.78 is 0. The van der Waals surface area contributed by atoms with E-state index < -0.39 is 5.60 Å². The summed E-state index contributed by atoms with van der Waals surface area (Å²) in [5.41, 5.74) is 0.176. The molecule has 0 saturated heterocycles. The van der Waals surface area contributed by atoms with Crippen LogP contribution in [-0.2, 0) is 5.60 Å². The molecule has 0 saturated carbocycles. The van der Waals surface area contributed by atoms with Gasteiger partial charge < -0.3 is 10.3 Å². The fourth-order valence-corrected chi connectivity index (χ4v) is 2.02. The first-order valence-electron chi connectivity index (χ1n) is 5.72. The van der Waals surface area contributed by atoms with Gasteiger partial charge in [0.25, 0.3) is 0 Å². The van der Waals surface area contributed by atoms with E-state index in [9.17, 15) is 5.11 Å². The topological polar surface area (TPSA) is 52.8 Å². The van der Waals surface area contributed by atoms with Crippen molar-refractivity contribution in [1.29, 1.82) is 0 Å². The highest BCUT2D eigenvalue weighted by atomic mass is 16.4. The minimum absolute atomic E-state index is 0.236. The van der Waals surface area contributed by atoms with Crippen LogP contribution in [-0.4, -0.2) is 16.0 Å². The molecule has 0 bridgehead atoms. The lowest BCUT2D eigenvalue weighted by molar-refractivity contribution is 0.148. The lowest BCUT2D eigenvalue weighted by Crippen LogP contribution is -2.35. The zero-order valence-corrected chi connectivity index (χ0v) is 10.1. The average molecular weight is 241 g/mol. The fourth-order valence-electron chi connectivity index (χ4n) is 2.02. The Kier molecular flexibility index (Phi) is 3.44. The van der Waals surface area contributed by atoms with Crippen LogP contribution in [0.1, 0.15) is 18.1 Å². The lowest BCUT2D eigenvalue weighted by atomic mass is 9.83. The molecule has 0 amide bonds. The highest BCUT2D eigenvalue weighted by Gasteiger charge is 2.35. The van der Waals surface area contributed by atoms with Gasteiger partial charge in [-0.2, -0.15) is 0 Å². The van der Waals surface area contributed by atoms with Crippen LogP contribution in [0.2, 0.25) is 0 Å². The van der Waals surface area contributed by atoms with E-state index >= 15 is 0 Å². The van der Waals surface area contributed by atoms with E-state index in [1.54, 1.807) is 6.92 Å². The Morgan fingerprint density at radius 3 is 1.61 bits per heavy atom. The highest BCUT2D eigenvalue weighted by Crippen LogP contribution is 2.30. The summed E-state index contributed by atoms with van der Waals surface area (Å²) in [6.07, 6.45) is 0. The first-order valence-corrected chi connectivity index (χ1v) is 5.72. The third kappa shape index (κ3) is 2.00. The van der Waals surface area contributed by atoms with Crippen molar-refractivity contribution >= 4 is 5.71 Å². The molecular formula is C15H15NO2. The van der Waals surface area contributed by atoms with E-state index in [0.717, 1.165) is 0 Å². The lowest BCUT2D eigenvalue weighted by Gasteiger charge is -2.28. The van der Waals surface area contributed by atoms with Crippen LogP contribution in [0.15, 0.2) is 65.8 Å². The number of benzene rings is 2. The molecule has 0 aromatic heterocycles. The normalized spacial score (nSPS) is 12.4. The van der Waals surface area contributed by atoms with Gasteiger partial charge >= 0.3 is 0 Å². The molecule has 2 N–H and O–H groups in total. The van der Waals surface area contributed by atoms with Gasteiger partial charge in [0.2, 0.25) is 0 Å². The minimum Gasteiger partial charge on any atom is -0.411 e. The molecule has 92 valence electrons. The van der Waals surface area contributed by atoms with Crippen LogP contribution in [0, 0.1) is 0 Å². The molecule has 0 unspecified atom stereocenters. The quantitative estimate of drug-likeness (QED) is 0.493. The number of hydrogen-bond acceptors (Lipinski definition) is 3. The summed E-state index contributed by atoms with van der Waals surface area (Å²) in [6.45, 7) is 1.60. The van der Waals surface area contributed by atoms with Gasteiger partial charge in [-0.05, 0) is 18.1 Å². The third-order valence-corrected chi connectivity index (χ3v) is 3.06. The molecule has 0 atom stereocenters. The van der Waals surface area contributed by atoms with Crippen molar-refractivity contribution in [2.24, 2.45) is 5.16 Å². The summed E-state index contributed by atoms with van der Waals surface area (Å²) in [5.74, 6) is 0. The van der Waals surface area contributed by atoms with Crippen molar-refractivity contribution in [2.75, 3.05) is 0 Å². The molecule has 2 rings (SSSR count). The summed E-state index contributed by atoms with van der Waals surface area (Å²) in [4.78, 5) is 0. The minimum atomic E-state index is -1.41. The molecule has 0 spiro atoms. The molecule has 0 aliphatic carbocycles. The van der Waals surface area contributed by atoms with Crippen LogP contribution in [0.25, 0.3) is 0 Å². The maximum absolute atomic E-state index is 10.9. The molecule has 3 nitrogen and oxygen atoms in total. The number of oxime groups is 1. The highest BCUT2D eigenvalue weighted by molar-refractivity contribution is 5.94. The Bertz CT molecular complexity index is 495. The predicted octanol–water partition coefficient (Wildman–Crippen LogP) is 2.77. The Morgan fingerprint density at radius 2 is 1.28 bits per heavy atom. The molecular weight excluding hydrogens is 226 g/mol. The van der Waals surface area contributed by atoms with E-state index in [2.05, 4.69) is 5.16 Å². The van der Waals surface area contributed by atoms with Crippen LogP contribution >= 0.6 is 0 Å². The second kappa shape index (κ2) is 5.02. The van der Waals surface area contributed by atoms with Crippen molar-refractivity contribution in [3.8, 4) is 0 Å². The molecule has 0 radical (unpaired) electrons. The van der Waals surface area contributed by atoms with E-state index in [1.165, 1.54) is 0 Å². The molecule has 0 aliphatic heterocycles. The Hall–Kier alpha value is -2.13. The molecule has 0 fully saturated rings. The fraction of sp³-hybridized carbons (Fsp3) is 0.133. The maximum Gasteiger partial charge on any atom is 0.156 e. The predicted molar refractivity (Wildman–Crippen MR) is 70.8 cm³/mol. The molecule has 3 heteroatoms. The zero-order valence-electron chi connectivity index (χ0n) is 10.1. The maximum atomic E-state index is 10.9. The summed E-state index contributed by atoms with van der Waals surface area (Å²) >= 11 is 0. The van der Waals surface area contributed by atoms with Crippen LogP contribution < -0.4 is 0 Å². The van der Waals surface area contributed by atoms with E-state index in [4.69, 9.17) is 5.21 Å². The van der Waals surface area contributed by atoms with Crippen molar-refractivity contribution in [3.63, 3.8) is 0 Å². The monoisotopic (exact) mass is 241 g/mol. The summed E-state index contributed by atoms with van der Waals surface area (Å²) in [7, 11) is 0. The number of nitrogens with zero attached hydrogens (tertiary/aromatic N) is 1. The third-order valence-electron chi connectivity index (χ3n) is 3.06. The average Bonchev–Trinajstić information content (AvgIpc) is 2.47. The van der Waals surface area contributed by atoms with Gasteiger partial charge in [0.05, 0.1) is 5.71 Å². The Morgan fingerprint density at radius 1 is 0.889 bits per heavy atom. The number of rotatable bonds is 3. The number of hydrogen-bond donors (Lipinski definition) is 2. The van der Waals surface area contributed by atoms with Crippen molar-refractivity contribution in [1.82, 2.24) is 0 Å². The standard InChI is InChI=1S/C15H15NO2/c1-12(16-18)15(17,13-8-4-2-5-9-13)14-10-6-3-7-11-14/h2-11,17-18H,1H3/b16-12+. The van der Waals surface area contributed by atoms with Gasteiger partial charge in [-0.3, -0.25) is 0 Å². The van der Waals surface area contributed by atoms with Gasteiger partial charge in [0.15, 0.2) is 5.60 Å². The van der Waals surface area contributed by atoms with E-state index in [-0.39, 0.29) is 5.71 Å². The Balaban J connectivity index is 2.63. The van der Waals surface area contributed by atoms with Gasteiger partial charge in [-0.15, -0.1) is 0 Å². The molecule has 2 aromatic rings.